The van der Waals surface area contributed by atoms with Gasteiger partial charge in [-0.2, -0.15) is 0 Å². The Labute approximate surface area is 117 Å². The third-order valence-corrected chi connectivity index (χ3v) is 3.70. The Morgan fingerprint density at radius 2 is 1.89 bits per heavy atom. The number of hydrogen-bond acceptors (Lipinski definition) is 2. The van der Waals surface area contributed by atoms with Crippen molar-refractivity contribution in [3.05, 3.63) is 58.5 Å². The van der Waals surface area contributed by atoms with E-state index in [2.05, 4.69) is 59.4 Å². The quantitative estimate of drug-likeness (QED) is 0.854. The molecule has 0 aliphatic heterocycles. The lowest BCUT2D eigenvalue weighted by molar-refractivity contribution is 0.452. The monoisotopic (exact) mass is 307 g/mol. The van der Waals surface area contributed by atoms with Crippen LogP contribution in [-0.4, -0.2) is 0 Å². The Hall–Kier alpha value is -1.06. The van der Waals surface area contributed by atoms with Crippen LogP contribution in [0.4, 0.5) is 0 Å². The lowest BCUT2D eigenvalue weighted by atomic mass is 10.0. The molecule has 96 valence electrons. The molecule has 1 aromatic carbocycles. The van der Waals surface area contributed by atoms with Crippen LogP contribution in [0.2, 0.25) is 0 Å². The van der Waals surface area contributed by atoms with Gasteiger partial charge < -0.3 is 9.73 Å². The highest BCUT2D eigenvalue weighted by Crippen LogP contribution is 2.23. The van der Waals surface area contributed by atoms with Crippen molar-refractivity contribution in [3.8, 4) is 0 Å². The van der Waals surface area contributed by atoms with E-state index in [9.17, 15) is 0 Å². The van der Waals surface area contributed by atoms with Gasteiger partial charge in [0.15, 0.2) is 0 Å². The van der Waals surface area contributed by atoms with Gasteiger partial charge in [-0.25, -0.2) is 0 Å². The molecule has 2 atom stereocenters. The molecule has 3 heteroatoms. The van der Waals surface area contributed by atoms with Crippen LogP contribution in [0.3, 0.4) is 0 Å². The van der Waals surface area contributed by atoms with E-state index in [-0.39, 0.29) is 6.04 Å². The van der Waals surface area contributed by atoms with Gasteiger partial charge in [-0.15, -0.1) is 0 Å². The van der Waals surface area contributed by atoms with Crippen LogP contribution in [0.15, 0.2) is 51.7 Å². The maximum absolute atomic E-state index is 5.13. The lowest BCUT2D eigenvalue weighted by Crippen LogP contribution is -2.23. The number of nitrogens with one attached hydrogen (secondary N) is 1. The molecule has 0 bridgehead atoms. The Balaban J connectivity index is 2.07. The molecule has 2 rings (SSSR count). The number of halogens is 1. The smallest absolute Gasteiger partial charge is 0.0950 e. The summed E-state index contributed by atoms with van der Waals surface area (Å²) in [4.78, 5) is 0. The van der Waals surface area contributed by atoms with Crippen LogP contribution in [-0.2, 0) is 0 Å². The van der Waals surface area contributed by atoms with Gasteiger partial charge in [0, 0.05) is 22.1 Å². The molecule has 0 saturated heterocycles. The van der Waals surface area contributed by atoms with E-state index >= 15 is 0 Å². The van der Waals surface area contributed by atoms with E-state index in [1.165, 1.54) is 11.1 Å². The fraction of sp³-hybridized carbons (Fsp3) is 0.333. The molecule has 0 aliphatic rings. The van der Waals surface area contributed by atoms with Gasteiger partial charge in [0.05, 0.1) is 12.5 Å². The van der Waals surface area contributed by atoms with Gasteiger partial charge in [-0.1, -0.05) is 35.0 Å². The highest BCUT2D eigenvalue weighted by molar-refractivity contribution is 9.10. The van der Waals surface area contributed by atoms with Crippen LogP contribution in [0.1, 0.15) is 43.5 Å². The van der Waals surface area contributed by atoms with Crippen molar-refractivity contribution in [2.45, 2.75) is 32.4 Å². The summed E-state index contributed by atoms with van der Waals surface area (Å²) in [5.41, 5.74) is 2.50. The first-order valence-electron chi connectivity index (χ1n) is 6.24. The summed E-state index contributed by atoms with van der Waals surface area (Å²) in [5, 5.41) is 3.63. The third kappa shape index (κ3) is 3.24. The molecule has 2 unspecified atom stereocenters. The van der Waals surface area contributed by atoms with Crippen molar-refractivity contribution in [3.63, 3.8) is 0 Å². The maximum Gasteiger partial charge on any atom is 0.0950 e. The van der Waals surface area contributed by atoms with Crippen LogP contribution in [0.25, 0.3) is 0 Å². The van der Waals surface area contributed by atoms with Gasteiger partial charge in [0.25, 0.3) is 0 Å². The molecule has 0 aliphatic carbocycles. The van der Waals surface area contributed by atoms with Crippen molar-refractivity contribution in [2.75, 3.05) is 0 Å². The Morgan fingerprint density at radius 1 is 1.17 bits per heavy atom. The topological polar surface area (TPSA) is 25.2 Å². The second-order valence-electron chi connectivity index (χ2n) is 4.46. The molecule has 0 amide bonds. The first-order valence-corrected chi connectivity index (χ1v) is 7.03. The molecular formula is C15H18BrNO. The number of furan rings is 1. The van der Waals surface area contributed by atoms with Gasteiger partial charge >= 0.3 is 0 Å². The first-order chi connectivity index (χ1) is 8.70. The molecule has 18 heavy (non-hydrogen) atoms. The van der Waals surface area contributed by atoms with Crippen LogP contribution in [0.5, 0.6) is 0 Å². The molecule has 2 aromatic rings. The van der Waals surface area contributed by atoms with E-state index in [4.69, 9.17) is 4.42 Å². The van der Waals surface area contributed by atoms with E-state index in [0.29, 0.717) is 6.04 Å². The Kier molecular flexibility index (Phi) is 4.61. The Bertz CT molecular complexity index is 464. The van der Waals surface area contributed by atoms with Crippen LogP contribution >= 0.6 is 15.9 Å². The summed E-state index contributed by atoms with van der Waals surface area (Å²) in [5.74, 6) is 0. The van der Waals surface area contributed by atoms with Gasteiger partial charge in [-0.3, -0.25) is 0 Å². The molecule has 1 N–H and O–H groups in total. The maximum atomic E-state index is 5.13. The van der Waals surface area contributed by atoms with Crippen molar-refractivity contribution in [1.29, 1.82) is 0 Å². The number of benzene rings is 1. The fourth-order valence-electron chi connectivity index (χ4n) is 2.06. The zero-order valence-electron chi connectivity index (χ0n) is 10.7. The molecule has 1 heterocycles. The summed E-state index contributed by atoms with van der Waals surface area (Å²) >= 11 is 3.47. The average Bonchev–Trinajstić information content (AvgIpc) is 2.91. The van der Waals surface area contributed by atoms with E-state index in [1.54, 1.807) is 12.5 Å². The van der Waals surface area contributed by atoms with Gasteiger partial charge in [-0.05, 0) is 37.1 Å². The van der Waals surface area contributed by atoms with Crippen molar-refractivity contribution >= 4 is 15.9 Å². The zero-order chi connectivity index (χ0) is 13.0. The Morgan fingerprint density at radius 3 is 2.44 bits per heavy atom. The highest BCUT2D eigenvalue weighted by Gasteiger charge is 2.14. The molecule has 0 spiro atoms. The number of rotatable bonds is 5. The van der Waals surface area contributed by atoms with Crippen molar-refractivity contribution in [2.24, 2.45) is 0 Å². The summed E-state index contributed by atoms with van der Waals surface area (Å²) in [6.07, 6.45) is 4.57. The zero-order valence-corrected chi connectivity index (χ0v) is 12.3. The second-order valence-corrected chi connectivity index (χ2v) is 5.37. The van der Waals surface area contributed by atoms with Crippen LogP contribution in [0, 0.1) is 0 Å². The predicted octanol–water partition coefficient (Wildman–Crippen LogP) is 4.84. The minimum absolute atomic E-state index is 0.289. The van der Waals surface area contributed by atoms with Crippen molar-refractivity contribution in [1.82, 2.24) is 5.32 Å². The minimum atomic E-state index is 0.289. The number of hydrogen-bond donors (Lipinski definition) is 1. The summed E-state index contributed by atoms with van der Waals surface area (Å²) in [6, 6.07) is 11.2. The minimum Gasteiger partial charge on any atom is -0.472 e. The van der Waals surface area contributed by atoms with Crippen LogP contribution < -0.4 is 5.32 Å². The standard InChI is InChI=1S/C15H18BrNO/c1-3-15(12-4-6-14(16)7-5-12)17-11(2)13-8-9-18-10-13/h4-11,15,17H,3H2,1-2H3. The normalized spacial score (nSPS) is 14.4. The summed E-state index contributed by atoms with van der Waals surface area (Å²) < 4.78 is 6.24. The molecule has 2 nitrogen and oxygen atoms in total. The van der Waals surface area contributed by atoms with E-state index in [0.717, 1.165) is 10.9 Å². The first kappa shape index (κ1) is 13.4. The molecule has 0 radical (unpaired) electrons. The largest absolute Gasteiger partial charge is 0.472 e. The van der Waals surface area contributed by atoms with E-state index < -0.39 is 0 Å². The van der Waals surface area contributed by atoms with Gasteiger partial charge in [0.1, 0.15) is 0 Å². The lowest BCUT2D eigenvalue weighted by Gasteiger charge is -2.22. The highest BCUT2D eigenvalue weighted by atomic mass is 79.9. The molecule has 0 fully saturated rings. The summed E-state index contributed by atoms with van der Waals surface area (Å²) in [6.45, 7) is 4.36. The fourth-order valence-corrected chi connectivity index (χ4v) is 2.33. The molecular weight excluding hydrogens is 290 g/mol. The van der Waals surface area contributed by atoms with Crippen molar-refractivity contribution < 1.29 is 4.42 Å². The predicted molar refractivity (Wildman–Crippen MR) is 77.4 cm³/mol. The molecule has 0 saturated carbocycles. The average molecular weight is 308 g/mol. The summed E-state index contributed by atoms with van der Waals surface area (Å²) in [7, 11) is 0. The third-order valence-electron chi connectivity index (χ3n) is 3.17. The SMILES string of the molecule is CCC(NC(C)c1ccoc1)c1ccc(Br)cc1. The van der Waals surface area contributed by atoms with Gasteiger partial charge in [0.2, 0.25) is 0 Å². The second kappa shape index (κ2) is 6.21. The molecule has 1 aromatic heterocycles. The van der Waals surface area contributed by atoms with E-state index in [1.807, 2.05) is 6.07 Å².